The van der Waals surface area contributed by atoms with Crippen molar-refractivity contribution >= 4 is 22.8 Å². The molecular formula is C39H41FN2O3. The van der Waals surface area contributed by atoms with Gasteiger partial charge in [-0.25, -0.2) is 9.18 Å². The first-order valence-electron chi connectivity index (χ1n) is 16.7. The van der Waals surface area contributed by atoms with Crippen LogP contribution >= 0.6 is 0 Å². The fourth-order valence-electron chi connectivity index (χ4n) is 10.2. The molecule has 4 bridgehead atoms. The van der Waals surface area contributed by atoms with Crippen molar-refractivity contribution in [3.8, 4) is 0 Å². The summed E-state index contributed by atoms with van der Waals surface area (Å²) in [6.07, 6.45) is 8.77. The Morgan fingerprint density at radius 3 is 2.11 bits per heavy atom. The van der Waals surface area contributed by atoms with Gasteiger partial charge in [0.1, 0.15) is 18.5 Å². The van der Waals surface area contributed by atoms with Gasteiger partial charge in [-0.1, -0.05) is 60.7 Å². The molecule has 3 aromatic carbocycles. The number of benzene rings is 3. The molecule has 232 valence electrons. The lowest BCUT2D eigenvalue weighted by Crippen LogP contribution is -2.54. The Hall–Kier alpha value is -3.93. The molecule has 0 radical (unpaired) electrons. The van der Waals surface area contributed by atoms with Gasteiger partial charge in [0.25, 0.3) is 0 Å². The average molecular weight is 605 g/mol. The maximum atomic E-state index is 14.9. The van der Waals surface area contributed by atoms with E-state index < -0.39 is 12.0 Å². The van der Waals surface area contributed by atoms with Gasteiger partial charge in [0.05, 0.1) is 6.04 Å². The summed E-state index contributed by atoms with van der Waals surface area (Å²) in [6, 6.07) is 23.9. The topological polar surface area (TPSA) is 51.5 Å². The molecule has 4 fully saturated rings. The molecule has 1 aromatic heterocycles. The second-order valence-electron chi connectivity index (χ2n) is 14.5. The van der Waals surface area contributed by atoms with Crippen molar-refractivity contribution in [2.24, 2.45) is 23.2 Å². The molecule has 5 nitrogen and oxygen atoms in total. The summed E-state index contributed by atoms with van der Waals surface area (Å²) in [6.45, 7) is 2.36. The van der Waals surface area contributed by atoms with Crippen molar-refractivity contribution in [3.05, 3.63) is 107 Å². The summed E-state index contributed by atoms with van der Waals surface area (Å²) in [7, 11) is 0. The van der Waals surface area contributed by atoms with Gasteiger partial charge >= 0.3 is 5.97 Å². The van der Waals surface area contributed by atoms with Gasteiger partial charge in [-0.15, -0.1) is 0 Å². The Labute approximate surface area is 264 Å². The van der Waals surface area contributed by atoms with Crippen molar-refractivity contribution in [1.82, 2.24) is 9.47 Å². The van der Waals surface area contributed by atoms with Crippen molar-refractivity contribution < 1.29 is 18.7 Å². The van der Waals surface area contributed by atoms with Crippen LogP contribution in [-0.2, 0) is 33.9 Å². The zero-order chi connectivity index (χ0) is 30.7. The summed E-state index contributed by atoms with van der Waals surface area (Å²) < 4.78 is 23.2. The fraction of sp³-hybridized carbons (Fsp3) is 0.436. The van der Waals surface area contributed by atoms with Crippen LogP contribution in [0.1, 0.15) is 80.3 Å². The SMILES string of the molecule is CC(=O)N1[C@H](CC23CC4CC(CC(C4)C2)C3)c2c(c3cc(F)ccc3n2Cc2ccccc2)C[C@H]1C(=O)OCc1ccccc1. The highest BCUT2D eigenvalue weighted by Gasteiger charge is 2.54. The monoisotopic (exact) mass is 604 g/mol. The third-order valence-corrected chi connectivity index (χ3v) is 11.4. The molecule has 4 aliphatic carbocycles. The molecule has 2 atom stereocenters. The van der Waals surface area contributed by atoms with E-state index in [0.29, 0.717) is 13.0 Å². The van der Waals surface area contributed by atoms with Crippen molar-refractivity contribution in [2.75, 3.05) is 0 Å². The van der Waals surface area contributed by atoms with E-state index in [1.807, 2.05) is 59.5 Å². The molecule has 0 N–H and O–H groups in total. The molecule has 1 aliphatic heterocycles. The second-order valence-corrected chi connectivity index (χ2v) is 14.5. The van der Waals surface area contributed by atoms with E-state index >= 15 is 0 Å². The number of ether oxygens (including phenoxy) is 1. The molecule has 1 amide bonds. The number of esters is 1. The number of hydrogen-bond acceptors (Lipinski definition) is 3. The average Bonchev–Trinajstić information content (AvgIpc) is 3.32. The largest absolute Gasteiger partial charge is 0.459 e. The summed E-state index contributed by atoms with van der Waals surface area (Å²) in [4.78, 5) is 29.6. The zero-order valence-corrected chi connectivity index (χ0v) is 26.0. The maximum absolute atomic E-state index is 14.9. The number of carbonyl (C=O) groups excluding carboxylic acids is 2. The Morgan fingerprint density at radius 2 is 1.49 bits per heavy atom. The second kappa shape index (κ2) is 11.1. The van der Waals surface area contributed by atoms with Crippen molar-refractivity contribution in [2.45, 2.75) is 83.5 Å². The molecule has 9 rings (SSSR count). The van der Waals surface area contributed by atoms with Gasteiger partial charge in [-0.05, 0) is 103 Å². The molecule has 4 saturated carbocycles. The fourth-order valence-corrected chi connectivity index (χ4v) is 10.2. The molecular weight excluding hydrogens is 563 g/mol. The van der Waals surface area contributed by atoms with Crippen LogP contribution in [0.25, 0.3) is 10.9 Å². The van der Waals surface area contributed by atoms with Gasteiger partial charge in [0.15, 0.2) is 0 Å². The number of carbonyl (C=O) groups is 2. The van der Waals surface area contributed by atoms with E-state index in [0.717, 1.165) is 57.5 Å². The van der Waals surface area contributed by atoms with Gasteiger partial charge in [0.2, 0.25) is 5.91 Å². The molecule has 0 unspecified atom stereocenters. The predicted octanol–water partition coefficient (Wildman–Crippen LogP) is 7.99. The summed E-state index contributed by atoms with van der Waals surface area (Å²) in [5.41, 5.74) is 5.20. The number of nitrogens with zero attached hydrogens (tertiary/aromatic N) is 2. The van der Waals surface area contributed by atoms with Crippen molar-refractivity contribution in [1.29, 1.82) is 0 Å². The highest BCUT2D eigenvalue weighted by atomic mass is 19.1. The molecule has 6 heteroatoms. The first kappa shape index (κ1) is 28.5. The molecule has 5 aliphatic rings. The lowest BCUT2D eigenvalue weighted by molar-refractivity contribution is -0.160. The van der Waals surface area contributed by atoms with Gasteiger partial charge < -0.3 is 14.2 Å². The molecule has 4 aromatic rings. The van der Waals surface area contributed by atoms with Crippen LogP contribution in [0.15, 0.2) is 78.9 Å². The normalized spacial score (nSPS) is 28.3. The van der Waals surface area contributed by atoms with E-state index in [1.54, 1.807) is 13.0 Å². The standard InChI is InChI=1S/C39H41FN2O3/c1-25(43)42-35(38(44)45-24-27-10-6-3-7-11-27)18-33-32-17-31(40)12-13-34(32)41(23-26-8-4-2-5-9-26)37(33)36(42)22-39-19-28-14-29(20-39)16-30(15-28)21-39/h2-13,17,28-30,35-36H,14-16,18-24H2,1H3/t28?,29?,30?,35-,36+,39?/m0/s1. The smallest absolute Gasteiger partial charge is 0.329 e. The van der Waals surface area contributed by atoms with Crippen LogP contribution in [-0.4, -0.2) is 27.4 Å². The van der Waals surface area contributed by atoms with E-state index in [4.69, 9.17) is 4.74 Å². The number of halogens is 1. The van der Waals surface area contributed by atoms with Crippen molar-refractivity contribution in [3.63, 3.8) is 0 Å². The van der Waals surface area contributed by atoms with E-state index in [2.05, 4.69) is 16.7 Å². The van der Waals surface area contributed by atoms with Crippen LogP contribution in [0.2, 0.25) is 0 Å². The molecule has 0 spiro atoms. The maximum Gasteiger partial charge on any atom is 0.329 e. The van der Waals surface area contributed by atoms with Crippen LogP contribution in [0, 0.1) is 29.0 Å². The number of amides is 1. The number of hydrogen-bond donors (Lipinski definition) is 0. The summed E-state index contributed by atoms with van der Waals surface area (Å²) >= 11 is 0. The van der Waals surface area contributed by atoms with E-state index in [9.17, 15) is 14.0 Å². The Kier molecular flexibility index (Phi) is 7.07. The minimum atomic E-state index is -0.767. The van der Waals surface area contributed by atoms with Gasteiger partial charge in [-0.3, -0.25) is 4.79 Å². The highest BCUT2D eigenvalue weighted by molar-refractivity contribution is 5.90. The Morgan fingerprint density at radius 1 is 0.867 bits per heavy atom. The number of aromatic nitrogens is 1. The van der Waals surface area contributed by atoms with Crippen LogP contribution in [0.4, 0.5) is 4.39 Å². The van der Waals surface area contributed by atoms with Crippen LogP contribution < -0.4 is 0 Å². The third-order valence-electron chi connectivity index (χ3n) is 11.4. The predicted molar refractivity (Wildman–Crippen MR) is 172 cm³/mol. The van der Waals surface area contributed by atoms with E-state index in [-0.39, 0.29) is 29.8 Å². The van der Waals surface area contributed by atoms with Gasteiger partial charge in [0, 0.05) is 36.5 Å². The van der Waals surface area contributed by atoms with E-state index in [1.165, 1.54) is 44.6 Å². The van der Waals surface area contributed by atoms with Crippen LogP contribution in [0.5, 0.6) is 0 Å². The van der Waals surface area contributed by atoms with Gasteiger partial charge in [-0.2, -0.15) is 0 Å². The Bertz CT molecular complexity index is 1710. The third kappa shape index (κ3) is 5.16. The molecule has 0 saturated heterocycles. The Balaban J connectivity index is 1.26. The quantitative estimate of drug-likeness (QED) is 0.201. The zero-order valence-electron chi connectivity index (χ0n) is 26.0. The number of fused-ring (bicyclic) bond motifs is 3. The highest BCUT2D eigenvalue weighted by Crippen LogP contribution is 2.63. The van der Waals surface area contributed by atoms with Crippen LogP contribution in [0.3, 0.4) is 0 Å². The first-order chi connectivity index (χ1) is 21.9. The molecule has 45 heavy (non-hydrogen) atoms. The minimum absolute atomic E-state index is 0.111. The first-order valence-corrected chi connectivity index (χ1v) is 16.7. The molecule has 2 heterocycles. The summed E-state index contributed by atoms with van der Waals surface area (Å²) in [5.74, 6) is 1.50. The lowest BCUT2D eigenvalue weighted by Gasteiger charge is -2.58. The minimum Gasteiger partial charge on any atom is -0.459 e. The lowest BCUT2D eigenvalue weighted by atomic mass is 9.48. The summed E-state index contributed by atoms with van der Waals surface area (Å²) in [5, 5.41) is 0.834. The number of rotatable bonds is 7.